The second-order valence-electron chi connectivity index (χ2n) is 6.27. The van der Waals surface area contributed by atoms with Gasteiger partial charge in [0.2, 0.25) is 5.91 Å². The van der Waals surface area contributed by atoms with Crippen LogP contribution in [0, 0.1) is 5.82 Å². The lowest BCUT2D eigenvalue weighted by atomic mass is 10.1. The normalized spacial score (nSPS) is 13.0. The SMILES string of the molecule is COc1cccc(OC)c1C(=O)Nc1cc(F)ccc1N(C(C)=O)C1CC1. The molecule has 1 aliphatic carbocycles. The maximum absolute atomic E-state index is 13.9. The predicted octanol–water partition coefficient (Wildman–Crippen LogP) is 3.61. The first-order chi connectivity index (χ1) is 13.0. The van der Waals surface area contributed by atoms with Crippen molar-refractivity contribution >= 4 is 23.2 Å². The van der Waals surface area contributed by atoms with Gasteiger partial charge in [-0.1, -0.05) is 6.07 Å². The van der Waals surface area contributed by atoms with E-state index in [1.54, 1.807) is 23.1 Å². The Kier molecular flexibility index (Phi) is 5.30. The second-order valence-corrected chi connectivity index (χ2v) is 6.27. The molecule has 1 N–H and O–H groups in total. The lowest BCUT2D eigenvalue weighted by Gasteiger charge is -2.24. The Morgan fingerprint density at radius 2 is 1.74 bits per heavy atom. The summed E-state index contributed by atoms with van der Waals surface area (Å²) in [4.78, 5) is 26.6. The number of halogens is 1. The first-order valence-corrected chi connectivity index (χ1v) is 8.58. The molecule has 0 heterocycles. The van der Waals surface area contributed by atoms with E-state index in [2.05, 4.69) is 5.32 Å². The highest BCUT2D eigenvalue weighted by molar-refractivity contribution is 6.10. The first-order valence-electron chi connectivity index (χ1n) is 8.58. The third kappa shape index (κ3) is 3.86. The van der Waals surface area contributed by atoms with Gasteiger partial charge in [-0.25, -0.2) is 4.39 Å². The summed E-state index contributed by atoms with van der Waals surface area (Å²) in [6.45, 7) is 1.45. The molecule has 7 heteroatoms. The Hall–Kier alpha value is -3.09. The van der Waals surface area contributed by atoms with Crippen molar-refractivity contribution in [3.05, 3.63) is 47.8 Å². The molecule has 0 unspecified atom stereocenters. The Bertz CT molecular complexity index is 858. The van der Waals surface area contributed by atoms with Gasteiger partial charge in [-0.3, -0.25) is 9.59 Å². The molecule has 0 spiro atoms. The van der Waals surface area contributed by atoms with Crippen molar-refractivity contribution in [2.45, 2.75) is 25.8 Å². The highest BCUT2D eigenvalue weighted by Crippen LogP contribution is 2.37. The van der Waals surface area contributed by atoms with Gasteiger partial charge in [0.25, 0.3) is 5.91 Å². The number of hydrogen-bond acceptors (Lipinski definition) is 4. The van der Waals surface area contributed by atoms with Gasteiger partial charge in [0, 0.05) is 13.0 Å². The van der Waals surface area contributed by atoms with Crippen molar-refractivity contribution in [3.8, 4) is 11.5 Å². The van der Waals surface area contributed by atoms with Crippen LogP contribution in [0.25, 0.3) is 0 Å². The molecule has 142 valence electrons. The van der Waals surface area contributed by atoms with Gasteiger partial charge in [-0.15, -0.1) is 0 Å². The average Bonchev–Trinajstić information content (AvgIpc) is 3.47. The number of carbonyl (C=O) groups is 2. The number of anilines is 2. The van der Waals surface area contributed by atoms with E-state index in [1.807, 2.05) is 0 Å². The number of carbonyl (C=O) groups excluding carboxylic acids is 2. The van der Waals surface area contributed by atoms with Gasteiger partial charge in [-0.2, -0.15) is 0 Å². The molecule has 0 atom stereocenters. The maximum Gasteiger partial charge on any atom is 0.263 e. The Labute approximate surface area is 156 Å². The van der Waals surface area contributed by atoms with E-state index in [0.29, 0.717) is 17.2 Å². The van der Waals surface area contributed by atoms with Gasteiger partial charge in [-0.05, 0) is 43.2 Å². The summed E-state index contributed by atoms with van der Waals surface area (Å²) < 4.78 is 24.4. The molecule has 0 aliphatic heterocycles. The van der Waals surface area contributed by atoms with Gasteiger partial charge < -0.3 is 19.7 Å². The van der Waals surface area contributed by atoms with E-state index in [0.717, 1.165) is 12.8 Å². The Morgan fingerprint density at radius 3 is 2.26 bits per heavy atom. The van der Waals surface area contributed by atoms with Gasteiger partial charge in [0.05, 0.1) is 25.6 Å². The van der Waals surface area contributed by atoms with E-state index < -0.39 is 11.7 Å². The van der Waals surface area contributed by atoms with Gasteiger partial charge in [0.15, 0.2) is 0 Å². The minimum atomic E-state index is -0.518. The summed E-state index contributed by atoms with van der Waals surface area (Å²) in [6, 6.07) is 9.02. The predicted molar refractivity (Wildman–Crippen MR) is 100 cm³/mol. The van der Waals surface area contributed by atoms with Crippen LogP contribution >= 0.6 is 0 Å². The fourth-order valence-electron chi connectivity index (χ4n) is 3.03. The molecule has 6 nitrogen and oxygen atoms in total. The molecule has 1 saturated carbocycles. The van der Waals surface area contributed by atoms with E-state index >= 15 is 0 Å². The Morgan fingerprint density at radius 1 is 1.11 bits per heavy atom. The number of amides is 2. The van der Waals surface area contributed by atoms with Gasteiger partial charge in [0.1, 0.15) is 22.9 Å². The molecule has 0 aromatic heterocycles. The molecule has 0 radical (unpaired) electrons. The number of hydrogen-bond donors (Lipinski definition) is 1. The lowest BCUT2D eigenvalue weighted by molar-refractivity contribution is -0.116. The molecule has 3 rings (SSSR count). The minimum Gasteiger partial charge on any atom is -0.496 e. The van der Waals surface area contributed by atoms with Crippen molar-refractivity contribution < 1.29 is 23.5 Å². The molecule has 0 saturated heterocycles. The molecule has 1 aliphatic rings. The van der Waals surface area contributed by atoms with E-state index in [9.17, 15) is 14.0 Å². The largest absolute Gasteiger partial charge is 0.496 e. The van der Waals surface area contributed by atoms with Crippen LogP contribution in [-0.4, -0.2) is 32.1 Å². The summed E-state index contributed by atoms with van der Waals surface area (Å²) in [5, 5.41) is 2.70. The van der Waals surface area contributed by atoms with Crippen LogP contribution in [-0.2, 0) is 4.79 Å². The molecule has 2 aromatic carbocycles. The van der Waals surface area contributed by atoms with Crippen molar-refractivity contribution in [3.63, 3.8) is 0 Å². The number of methoxy groups -OCH3 is 2. The Balaban J connectivity index is 2.00. The smallest absolute Gasteiger partial charge is 0.263 e. The zero-order chi connectivity index (χ0) is 19.6. The summed E-state index contributed by atoms with van der Waals surface area (Å²) >= 11 is 0. The van der Waals surface area contributed by atoms with Crippen LogP contribution in [0.1, 0.15) is 30.1 Å². The average molecular weight is 372 g/mol. The van der Waals surface area contributed by atoms with Crippen LogP contribution in [0.4, 0.5) is 15.8 Å². The highest BCUT2D eigenvalue weighted by Gasteiger charge is 2.33. The van der Waals surface area contributed by atoms with Crippen LogP contribution < -0.4 is 19.7 Å². The van der Waals surface area contributed by atoms with Crippen molar-refractivity contribution in [2.24, 2.45) is 0 Å². The zero-order valence-corrected chi connectivity index (χ0v) is 15.4. The molecule has 2 aromatic rings. The van der Waals surface area contributed by atoms with Crippen molar-refractivity contribution in [2.75, 3.05) is 24.4 Å². The third-order valence-corrected chi connectivity index (χ3v) is 4.37. The molecule has 2 amide bonds. The van der Waals surface area contributed by atoms with Crippen molar-refractivity contribution in [1.82, 2.24) is 0 Å². The van der Waals surface area contributed by atoms with E-state index in [-0.39, 0.29) is 23.2 Å². The van der Waals surface area contributed by atoms with E-state index in [4.69, 9.17) is 9.47 Å². The molecular formula is C20H21FN2O4. The molecule has 0 bridgehead atoms. The fourth-order valence-corrected chi connectivity index (χ4v) is 3.03. The number of rotatable bonds is 6. The molecule has 27 heavy (non-hydrogen) atoms. The van der Waals surface area contributed by atoms with Crippen LogP contribution in [0.2, 0.25) is 0 Å². The monoisotopic (exact) mass is 372 g/mol. The van der Waals surface area contributed by atoms with E-state index in [1.165, 1.54) is 39.3 Å². The molecule has 1 fully saturated rings. The number of nitrogens with zero attached hydrogens (tertiary/aromatic N) is 1. The fraction of sp³-hybridized carbons (Fsp3) is 0.300. The quantitative estimate of drug-likeness (QED) is 0.841. The number of ether oxygens (including phenoxy) is 2. The summed E-state index contributed by atoms with van der Waals surface area (Å²) in [7, 11) is 2.90. The first kappa shape index (κ1) is 18.7. The third-order valence-electron chi connectivity index (χ3n) is 4.37. The van der Waals surface area contributed by atoms with Crippen LogP contribution in [0.3, 0.4) is 0 Å². The maximum atomic E-state index is 13.9. The highest BCUT2D eigenvalue weighted by atomic mass is 19.1. The van der Waals surface area contributed by atoms with Crippen LogP contribution in [0.15, 0.2) is 36.4 Å². The van der Waals surface area contributed by atoms with Gasteiger partial charge >= 0.3 is 0 Å². The number of nitrogens with one attached hydrogen (secondary N) is 1. The number of benzene rings is 2. The zero-order valence-electron chi connectivity index (χ0n) is 15.4. The summed E-state index contributed by atoms with van der Waals surface area (Å²) in [5.74, 6) is -0.531. The topological polar surface area (TPSA) is 67.9 Å². The van der Waals surface area contributed by atoms with Crippen LogP contribution in [0.5, 0.6) is 11.5 Å². The lowest BCUT2D eigenvalue weighted by Crippen LogP contribution is -2.31. The second kappa shape index (κ2) is 7.65. The summed E-state index contributed by atoms with van der Waals surface area (Å²) in [6.07, 6.45) is 1.76. The summed E-state index contributed by atoms with van der Waals surface area (Å²) in [5.41, 5.74) is 0.877. The molecular weight excluding hydrogens is 351 g/mol. The standard InChI is InChI=1S/C20H21FN2O4/c1-12(24)23(14-8-9-14)16-10-7-13(21)11-15(16)22-20(25)19-17(26-2)5-4-6-18(19)27-3/h4-7,10-11,14H,8-9H2,1-3H3,(H,22,25). The van der Waals surface area contributed by atoms with Crippen molar-refractivity contribution in [1.29, 1.82) is 0 Å². The minimum absolute atomic E-state index is 0.0735.